The maximum atomic E-state index is 13.1. The molecule has 0 bridgehead atoms. The predicted molar refractivity (Wildman–Crippen MR) is 118 cm³/mol. The molecular formula is C23H25N3O4S. The summed E-state index contributed by atoms with van der Waals surface area (Å²) in [6, 6.07) is 16.4. The third-order valence-electron chi connectivity index (χ3n) is 5.51. The number of hydrogen-bond acceptors (Lipinski definition) is 4. The van der Waals surface area contributed by atoms with Crippen LogP contribution in [0, 0.1) is 0 Å². The third-order valence-corrected chi connectivity index (χ3v) is 7.14. The molecule has 1 aliphatic rings. The molecule has 4 rings (SSSR count). The summed E-state index contributed by atoms with van der Waals surface area (Å²) >= 11 is 0. The van der Waals surface area contributed by atoms with Crippen LogP contribution in [-0.2, 0) is 32.5 Å². The summed E-state index contributed by atoms with van der Waals surface area (Å²) in [5.74, 6) is -1.23. The lowest BCUT2D eigenvalue weighted by Crippen LogP contribution is -2.31. The van der Waals surface area contributed by atoms with Gasteiger partial charge in [-0.3, -0.25) is 9.59 Å². The summed E-state index contributed by atoms with van der Waals surface area (Å²) in [6.07, 6.45) is 3.48. The van der Waals surface area contributed by atoms with Gasteiger partial charge in [0, 0.05) is 36.7 Å². The molecule has 7 nitrogen and oxygen atoms in total. The molecule has 1 aliphatic heterocycles. The molecule has 1 N–H and O–H groups in total. The number of para-hydroxylation sites is 1. The summed E-state index contributed by atoms with van der Waals surface area (Å²) in [4.78, 5) is 26.8. The van der Waals surface area contributed by atoms with Gasteiger partial charge in [-0.05, 0) is 24.5 Å². The fourth-order valence-electron chi connectivity index (χ4n) is 3.90. The van der Waals surface area contributed by atoms with E-state index in [4.69, 9.17) is 0 Å². The number of fused-ring (bicyclic) bond motifs is 1. The van der Waals surface area contributed by atoms with Gasteiger partial charge >= 0.3 is 0 Å². The second-order valence-electron chi connectivity index (χ2n) is 7.75. The van der Waals surface area contributed by atoms with Gasteiger partial charge < -0.3 is 14.8 Å². The molecule has 1 fully saturated rings. The molecular weight excluding hydrogens is 414 g/mol. The van der Waals surface area contributed by atoms with Crippen LogP contribution in [0.5, 0.6) is 0 Å². The highest BCUT2D eigenvalue weighted by atomic mass is 32.2. The van der Waals surface area contributed by atoms with Crippen LogP contribution < -0.4 is 5.32 Å². The number of rotatable bonds is 7. The zero-order valence-electron chi connectivity index (χ0n) is 17.2. The molecule has 0 saturated carbocycles. The van der Waals surface area contributed by atoms with Crippen molar-refractivity contribution in [2.45, 2.75) is 30.8 Å². The van der Waals surface area contributed by atoms with E-state index in [0.717, 1.165) is 31.5 Å². The van der Waals surface area contributed by atoms with Crippen molar-refractivity contribution in [3.63, 3.8) is 0 Å². The maximum Gasteiger partial charge on any atom is 0.242 e. The Kier molecular flexibility index (Phi) is 6.08. The molecule has 0 atom stereocenters. The van der Waals surface area contributed by atoms with E-state index in [1.165, 1.54) is 6.20 Å². The van der Waals surface area contributed by atoms with Crippen molar-refractivity contribution in [3.05, 3.63) is 66.4 Å². The minimum absolute atomic E-state index is 0.0252. The number of carbonyl (C=O) groups is 2. The van der Waals surface area contributed by atoms with Crippen LogP contribution in [0.1, 0.15) is 18.4 Å². The van der Waals surface area contributed by atoms with Crippen LogP contribution in [0.15, 0.2) is 65.7 Å². The number of sulfone groups is 1. The predicted octanol–water partition coefficient (Wildman–Crippen LogP) is 2.35. The first kappa shape index (κ1) is 21.1. The fourth-order valence-corrected chi connectivity index (χ4v) is 5.30. The summed E-state index contributed by atoms with van der Waals surface area (Å²) in [5, 5.41) is 3.18. The number of aromatic nitrogens is 1. The lowest BCUT2D eigenvalue weighted by atomic mass is 10.2. The lowest BCUT2D eigenvalue weighted by Gasteiger charge is -2.15. The average Bonchev–Trinajstić information content (AvgIpc) is 3.42. The van der Waals surface area contributed by atoms with E-state index < -0.39 is 21.5 Å². The first-order valence-electron chi connectivity index (χ1n) is 10.3. The Labute approximate surface area is 181 Å². The van der Waals surface area contributed by atoms with Gasteiger partial charge in [-0.15, -0.1) is 0 Å². The monoisotopic (exact) mass is 439 g/mol. The van der Waals surface area contributed by atoms with Crippen LogP contribution >= 0.6 is 0 Å². The molecule has 2 aromatic carbocycles. The van der Waals surface area contributed by atoms with Crippen molar-refractivity contribution in [2.75, 3.05) is 18.8 Å². The number of benzene rings is 2. The van der Waals surface area contributed by atoms with Crippen LogP contribution in [0.3, 0.4) is 0 Å². The van der Waals surface area contributed by atoms with Gasteiger partial charge in [0.05, 0.1) is 4.90 Å². The number of carbonyl (C=O) groups excluding carboxylic acids is 2. The smallest absolute Gasteiger partial charge is 0.242 e. The van der Waals surface area contributed by atoms with E-state index in [0.29, 0.717) is 10.9 Å². The largest absolute Gasteiger partial charge is 0.351 e. The minimum atomic E-state index is -3.88. The van der Waals surface area contributed by atoms with Crippen molar-refractivity contribution >= 4 is 32.6 Å². The average molecular weight is 440 g/mol. The zero-order valence-corrected chi connectivity index (χ0v) is 18.0. The van der Waals surface area contributed by atoms with Crippen molar-refractivity contribution in [2.24, 2.45) is 0 Å². The standard InChI is InChI=1S/C23H25N3O4S/c27-22(24-14-18-8-2-1-3-9-18)17-31(29,30)21-15-26(20-11-5-4-10-19(20)21)16-23(28)25-12-6-7-13-25/h1-5,8-11,15H,6-7,12-14,16-17H2,(H,24,27). The van der Waals surface area contributed by atoms with Crippen LogP contribution in [0.4, 0.5) is 0 Å². The number of nitrogens with zero attached hydrogens (tertiary/aromatic N) is 2. The second-order valence-corrected chi connectivity index (χ2v) is 9.71. The van der Waals surface area contributed by atoms with Gasteiger partial charge in [-0.2, -0.15) is 0 Å². The van der Waals surface area contributed by atoms with Crippen LogP contribution in [0.25, 0.3) is 10.9 Å². The summed E-state index contributed by atoms with van der Waals surface area (Å²) in [6.45, 7) is 1.83. The van der Waals surface area contributed by atoms with Crippen LogP contribution in [0.2, 0.25) is 0 Å². The summed E-state index contributed by atoms with van der Waals surface area (Å²) < 4.78 is 27.8. The molecule has 0 radical (unpaired) electrons. The quantitative estimate of drug-likeness (QED) is 0.612. The highest BCUT2D eigenvalue weighted by Gasteiger charge is 2.26. The highest BCUT2D eigenvalue weighted by molar-refractivity contribution is 7.92. The molecule has 0 unspecified atom stereocenters. The van der Waals surface area contributed by atoms with E-state index >= 15 is 0 Å². The van der Waals surface area contributed by atoms with Crippen molar-refractivity contribution in [1.82, 2.24) is 14.8 Å². The maximum absolute atomic E-state index is 13.1. The fraction of sp³-hybridized carbons (Fsp3) is 0.304. The van der Waals surface area contributed by atoms with Gasteiger partial charge in [0.2, 0.25) is 11.8 Å². The van der Waals surface area contributed by atoms with Crippen LogP contribution in [-0.4, -0.2) is 48.5 Å². The normalized spacial score (nSPS) is 14.1. The molecule has 2 amide bonds. The van der Waals surface area contributed by atoms with Gasteiger partial charge in [0.1, 0.15) is 12.3 Å². The molecule has 1 saturated heterocycles. The Bertz CT molecular complexity index is 1200. The number of likely N-dealkylation sites (tertiary alicyclic amines) is 1. The molecule has 0 spiro atoms. The molecule has 162 valence electrons. The highest BCUT2D eigenvalue weighted by Crippen LogP contribution is 2.26. The Balaban J connectivity index is 1.53. The lowest BCUT2D eigenvalue weighted by molar-refractivity contribution is -0.130. The van der Waals surface area contributed by atoms with E-state index in [9.17, 15) is 18.0 Å². The van der Waals surface area contributed by atoms with E-state index in [1.54, 1.807) is 27.7 Å². The summed E-state index contributed by atoms with van der Waals surface area (Å²) in [5.41, 5.74) is 1.56. The van der Waals surface area contributed by atoms with Gasteiger partial charge in [-0.25, -0.2) is 8.42 Å². The molecule has 1 aromatic heterocycles. The van der Waals surface area contributed by atoms with Crippen molar-refractivity contribution < 1.29 is 18.0 Å². The first-order chi connectivity index (χ1) is 14.9. The number of amides is 2. The molecule has 2 heterocycles. The van der Waals surface area contributed by atoms with Gasteiger partial charge in [0.25, 0.3) is 0 Å². The SMILES string of the molecule is O=C(CS(=O)(=O)c1cn(CC(=O)N2CCCC2)c2ccccc12)NCc1ccccc1. The van der Waals surface area contributed by atoms with Crippen molar-refractivity contribution in [3.8, 4) is 0 Å². The van der Waals surface area contributed by atoms with Crippen molar-refractivity contribution in [1.29, 1.82) is 0 Å². The van der Waals surface area contributed by atoms with Gasteiger partial charge in [0.15, 0.2) is 9.84 Å². The van der Waals surface area contributed by atoms with E-state index in [2.05, 4.69) is 5.32 Å². The number of hydrogen-bond donors (Lipinski definition) is 1. The van der Waals surface area contributed by atoms with E-state index in [-0.39, 0.29) is 23.9 Å². The summed E-state index contributed by atoms with van der Waals surface area (Å²) in [7, 11) is -3.88. The Hall–Kier alpha value is -3.13. The molecule has 3 aromatic rings. The molecule has 31 heavy (non-hydrogen) atoms. The van der Waals surface area contributed by atoms with E-state index in [1.807, 2.05) is 36.4 Å². The van der Waals surface area contributed by atoms with Gasteiger partial charge in [-0.1, -0.05) is 48.5 Å². The topological polar surface area (TPSA) is 88.5 Å². The molecule has 0 aliphatic carbocycles. The Morgan fingerprint density at radius 1 is 0.935 bits per heavy atom. The molecule has 8 heteroatoms. The first-order valence-corrected chi connectivity index (χ1v) is 12.0. The zero-order chi connectivity index (χ0) is 21.8. The Morgan fingerprint density at radius 3 is 2.35 bits per heavy atom. The second kappa shape index (κ2) is 8.93. The number of nitrogens with one attached hydrogen (secondary N) is 1. The third kappa shape index (κ3) is 4.80. The minimum Gasteiger partial charge on any atom is -0.351 e. The Morgan fingerprint density at radius 2 is 1.61 bits per heavy atom.